The normalized spacial score (nSPS) is 22.8. The third-order valence-electron chi connectivity index (χ3n) is 5.92. The predicted molar refractivity (Wildman–Crippen MR) is 114 cm³/mol. The SMILES string of the molecule is CCOC(O)OC1=C(c2c(C)cc(Cl)cc2OC)C(=O)NC12COC1(CCOCC1)OC2. The largest absolute Gasteiger partial charge is 0.496 e. The van der Waals surface area contributed by atoms with Gasteiger partial charge in [-0.05, 0) is 31.5 Å². The Bertz CT molecular complexity index is 901. The van der Waals surface area contributed by atoms with Gasteiger partial charge < -0.3 is 38.8 Å². The molecule has 4 rings (SSSR count). The Labute approximate surface area is 191 Å². The quantitative estimate of drug-likeness (QED) is 0.610. The van der Waals surface area contributed by atoms with E-state index in [9.17, 15) is 9.90 Å². The summed E-state index contributed by atoms with van der Waals surface area (Å²) in [4.78, 5) is 13.3. The highest BCUT2D eigenvalue weighted by Crippen LogP contribution is 2.44. The lowest BCUT2D eigenvalue weighted by Gasteiger charge is -2.46. The van der Waals surface area contributed by atoms with Gasteiger partial charge in [0, 0.05) is 23.4 Å². The van der Waals surface area contributed by atoms with E-state index >= 15 is 0 Å². The fraction of sp³-hybridized carbons (Fsp3) is 0.591. The molecule has 3 heterocycles. The number of carbonyl (C=O) groups excluding carboxylic acids is 1. The monoisotopic (exact) mass is 469 g/mol. The van der Waals surface area contributed by atoms with Crippen LogP contribution in [0.5, 0.6) is 5.75 Å². The van der Waals surface area contributed by atoms with Crippen LogP contribution in [0.25, 0.3) is 5.57 Å². The molecule has 1 atom stereocenters. The van der Waals surface area contributed by atoms with Gasteiger partial charge in [-0.2, -0.15) is 0 Å². The van der Waals surface area contributed by atoms with E-state index in [0.29, 0.717) is 48.0 Å². The Morgan fingerprint density at radius 2 is 1.94 bits per heavy atom. The van der Waals surface area contributed by atoms with Crippen molar-refractivity contribution in [3.63, 3.8) is 0 Å². The van der Waals surface area contributed by atoms with Crippen molar-refractivity contribution in [3.05, 3.63) is 34.0 Å². The first-order chi connectivity index (χ1) is 15.3. The van der Waals surface area contributed by atoms with Gasteiger partial charge in [0.25, 0.3) is 5.91 Å². The van der Waals surface area contributed by atoms with Gasteiger partial charge in [-0.15, -0.1) is 0 Å². The Morgan fingerprint density at radius 1 is 1.25 bits per heavy atom. The number of benzene rings is 1. The van der Waals surface area contributed by atoms with Crippen LogP contribution < -0.4 is 10.1 Å². The summed E-state index contributed by atoms with van der Waals surface area (Å²) in [5, 5.41) is 13.7. The second kappa shape index (κ2) is 9.17. The van der Waals surface area contributed by atoms with Crippen LogP contribution in [0.2, 0.25) is 5.02 Å². The number of methoxy groups -OCH3 is 1. The van der Waals surface area contributed by atoms with Crippen molar-refractivity contribution < 1.29 is 38.3 Å². The molecule has 32 heavy (non-hydrogen) atoms. The molecule has 3 aliphatic heterocycles. The minimum atomic E-state index is -1.58. The minimum absolute atomic E-state index is 0.103. The van der Waals surface area contributed by atoms with Crippen molar-refractivity contribution in [1.82, 2.24) is 5.32 Å². The zero-order chi connectivity index (χ0) is 22.9. The molecule has 1 aromatic carbocycles. The molecule has 0 aromatic heterocycles. The van der Waals surface area contributed by atoms with E-state index in [4.69, 9.17) is 40.0 Å². The molecule has 0 radical (unpaired) electrons. The van der Waals surface area contributed by atoms with Crippen LogP contribution >= 0.6 is 11.6 Å². The van der Waals surface area contributed by atoms with Gasteiger partial charge in [-0.3, -0.25) is 4.79 Å². The molecule has 0 aliphatic carbocycles. The summed E-state index contributed by atoms with van der Waals surface area (Å²) in [5.41, 5.74) is 0.300. The van der Waals surface area contributed by atoms with Crippen LogP contribution in [-0.4, -0.2) is 69.0 Å². The van der Waals surface area contributed by atoms with E-state index in [1.165, 1.54) is 7.11 Å². The Morgan fingerprint density at radius 3 is 2.56 bits per heavy atom. The number of ether oxygens (including phenoxy) is 6. The van der Waals surface area contributed by atoms with Gasteiger partial charge >= 0.3 is 6.48 Å². The van der Waals surface area contributed by atoms with Crippen molar-refractivity contribution in [2.24, 2.45) is 0 Å². The van der Waals surface area contributed by atoms with Gasteiger partial charge in [0.05, 0.1) is 45.7 Å². The lowest BCUT2D eigenvalue weighted by molar-refractivity contribution is -0.317. The Balaban J connectivity index is 1.77. The molecule has 0 saturated carbocycles. The summed E-state index contributed by atoms with van der Waals surface area (Å²) in [6, 6.07) is 3.35. The third-order valence-corrected chi connectivity index (χ3v) is 6.14. The number of aryl methyl sites for hydroxylation is 1. The van der Waals surface area contributed by atoms with Gasteiger partial charge in [-0.1, -0.05) is 11.6 Å². The van der Waals surface area contributed by atoms with Crippen LogP contribution in [-0.2, 0) is 28.5 Å². The van der Waals surface area contributed by atoms with Gasteiger partial charge in [0.15, 0.2) is 5.79 Å². The van der Waals surface area contributed by atoms with Crippen molar-refractivity contribution in [2.45, 2.75) is 44.5 Å². The summed E-state index contributed by atoms with van der Waals surface area (Å²) in [6.07, 6.45) is 1.19. The van der Waals surface area contributed by atoms with E-state index in [1.54, 1.807) is 19.1 Å². The lowest BCUT2D eigenvalue weighted by atomic mass is 9.92. The number of nitrogens with one attached hydrogen (secondary N) is 1. The number of carbonyl (C=O) groups is 1. The summed E-state index contributed by atoms with van der Waals surface area (Å²) in [7, 11) is 1.50. The standard InChI is InChI=1S/C22H28ClNO8/c1-4-29-20(26)32-18-17(16-13(2)9-14(23)10-15(16)27-3)19(25)24-21(18)11-30-22(31-12-21)5-7-28-8-6-22/h9-10,20,26H,4-8,11-12H2,1-3H3,(H,24,25). The maximum absolute atomic E-state index is 13.3. The van der Waals surface area contributed by atoms with Crippen LogP contribution in [0.4, 0.5) is 0 Å². The molecule has 2 fully saturated rings. The van der Waals surface area contributed by atoms with Crippen molar-refractivity contribution in [2.75, 3.05) is 40.1 Å². The summed E-state index contributed by atoms with van der Waals surface area (Å²) < 4.78 is 34.2. The zero-order valence-electron chi connectivity index (χ0n) is 18.4. The predicted octanol–water partition coefficient (Wildman–Crippen LogP) is 2.12. The molecule has 2 saturated heterocycles. The molecule has 1 amide bonds. The number of hydrogen-bond donors (Lipinski definition) is 2. The maximum atomic E-state index is 13.3. The Kier molecular flexibility index (Phi) is 6.67. The average Bonchev–Trinajstić information content (AvgIpc) is 3.02. The van der Waals surface area contributed by atoms with E-state index in [1.807, 2.05) is 6.92 Å². The first kappa shape index (κ1) is 23.3. The summed E-state index contributed by atoms with van der Waals surface area (Å²) >= 11 is 6.19. The smallest absolute Gasteiger partial charge is 0.313 e. The fourth-order valence-electron chi connectivity index (χ4n) is 4.32. The molecule has 2 N–H and O–H groups in total. The number of amides is 1. The van der Waals surface area contributed by atoms with E-state index in [2.05, 4.69) is 5.32 Å². The van der Waals surface area contributed by atoms with Crippen LogP contribution in [0, 0.1) is 6.92 Å². The summed E-state index contributed by atoms with van der Waals surface area (Å²) in [5.74, 6) is -0.575. The number of aliphatic hydroxyl groups is 1. The second-order valence-electron chi connectivity index (χ2n) is 8.02. The second-order valence-corrected chi connectivity index (χ2v) is 8.46. The van der Waals surface area contributed by atoms with Gasteiger partial charge in [0.2, 0.25) is 0 Å². The number of hydrogen-bond acceptors (Lipinski definition) is 8. The zero-order valence-corrected chi connectivity index (χ0v) is 19.1. The first-order valence-corrected chi connectivity index (χ1v) is 10.9. The highest BCUT2D eigenvalue weighted by molar-refractivity contribution is 6.31. The molecule has 2 spiro atoms. The lowest BCUT2D eigenvalue weighted by Crippen LogP contribution is -2.61. The molecule has 1 unspecified atom stereocenters. The van der Waals surface area contributed by atoms with Crippen molar-refractivity contribution >= 4 is 23.1 Å². The molecule has 1 aromatic rings. The maximum Gasteiger partial charge on any atom is 0.313 e. The first-order valence-electron chi connectivity index (χ1n) is 10.6. The molecular weight excluding hydrogens is 442 g/mol. The van der Waals surface area contributed by atoms with Gasteiger partial charge in [-0.25, -0.2) is 0 Å². The average molecular weight is 470 g/mol. The van der Waals surface area contributed by atoms with Crippen LogP contribution in [0.3, 0.4) is 0 Å². The number of halogens is 1. The Hall–Kier alpha value is -1.88. The highest BCUT2D eigenvalue weighted by Gasteiger charge is 2.55. The fourth-order valence-corrected chi connectivity index (χ4v) is 4.58. The third kappa shape index (κ3) is 4.21. The van der Waals surface area contributed by atoms with E-state index in [0.717, 1.165) is 0 Å². The van der Waals surface area contributed by atoms with Crippen LogP contribution in [0.15, 0.2) is 17.9 Å². The topological polar surface area (TPSA) is 105 Å². The molecule has 176 valence electrons. The van der Waals surface area contributed by atoms with Crippen molar-refractivity contribution in [3.8, 4) is 5.75 Å². The molecular formula is C22H28ClNO8. The molecule has 3 aliphatic rings. The highest BCUT2D eigenvalue weighted by atomic mass is 35.5. The molecule has 10 heteroatoms. The van der Waals surface area contributed by atoms with E-state index in [-0.39, 0.29) is 31.2 Å². The number of aliphatic hydroxyl groups excluding tert-OH is 1. The van der Waals surface area contributed by atoms with Crippen molar-refractivity contribution in [1.29, 1.82) is 0 Å². The molecule has 9 nitrogen and oxygen atoms in total. The summed E-state index contributed by atoms with van der Waals surface area (Å²) in [6.45, 7) is 3.46. The molecule has 0 bridgehead atoms. The van der Waals surface area contributed by atoms with Crippen LogP contribution in [0.1, 0.15) is 30.9 Å². The number of rotatable bonds is 6. The van der Waals surface area contributed by atoms with Gasteiger partial charge in [0.1, 0.15) is 17.0 Å². The minimum Gasteiger partial charge on any atom is -0.496 e. The van der Waals surface area contributed by atoms with E-state index < -0.39 is 23.7 Å².